The van der Waals surface area contributed by atoms with E-state index in [-0.39, 0.29) is 0 Å². The molecule has 0 saturated carbocycles. The summed E-state index contributed by atoms with van der Waals surface area (Å²) in [5.41, 5.74) is 8.28. The summed E-state index contributed by atoms with van der Waals surface area (Å²) in [5.74, 6) is 9.17. The second-order valence-corrected chi connectivity index (χ2v) is 13.6. The Bertz CT molecular complexity index is 1150. The van der Waals surface area contributed by atoms with Crippen LogP contribution in [0.5, 0.6) is 0 Å². The normalized spacial score (nSPS) is 14.1. The van der Waals surface area contributed by atoms with Gasteiger partial charge in [-0.2, -0.15) is 0 Å². The van der Waals surface area contributed by atoms with Crippen LogP contribution in [0.15, 0.2) is 66.3 Å². The van der Waals surface area contributed by atoms with Crippen molar-refractivity contribution in [1.82, 2.24) is 0 Å². The highest BCUT2D eigenvalue weighted by Crippen LogP contribution is 2.30. The van der Waals surface area contributed by atoms with Gasteiger partial charge in [0.2, 0.25) is 11.4 Å². The minimum Gasteiger partial charge on any atom is -0.448 e. The topological polar surface area (TPSA) is 26.8 Å². The van der Waals surface area contributed by atoms with Gasteiger partial charge in [0.15, 0.2) is 0 Å². The third-order valence-corrected chi connectivity index (χ3v) is 9.57. The summed E-state index contributed by atoms with van der Waals surface area (Å²) in [7, 11) is 0. The van der Waals surface area contributed by atoms with Gasteiger partial charge < -0.3 is 5.84 Å². The maximum atomic E-state index is 9.17. The lowest BCUT2D eigenvalue weighted by atomic mass is 9.98. The number of rotatable bonds is 25. The summed E-state index contributed by atoms with van der Waals surface area (Å²) in [6, 6.07) is 17.9. The van der Waals surface area contributed by atoms with Crippen molar-refractivity contribution in [2.75, 3.05) is 0 Å². The van der Waals surface area contributed by atoms with Crippen LogP contribution in [0.3, 0.4) is 0 Å². The van der Waals surface area contributed by atoms with E-state index in [1.165, 1.54) is 145 Å². The molecule has 0 fully saturated rings. The van der Waals surface area contributed by atoms with Gasteiger partial charge in [0, 0.05) is 22.8 Å². The van der Waals surface area contributed by atoms with E-state index < -0.39 is 0 Å². The number of allylic oxidation sites excluding steroid dienone is 3. The molecule has 0 aliphatic carbocycles. The molecule has 0 amide bonds. The Morgan fingerprint density at radius 3 is 1.33 bits per heavy atom. The number of nitrogens with one attached hydrogen (secondary N) is 1. The molecule has 248 valence electrons. The van der Waals surface area contributed by atoms with Gasteiger partial charge in [-0.1, -0.05) is 160 Å². The molecule has 1 heterocycles. The molecule has 2 nitrogen and oxygen atoms in total. The minimum atomic E-state index is 0.986. The minimum absolute atomic E-state index is 0.986. The van der Waals surface area contributed by atoms with Gasteiger partial charge in [0.1, 0.15) is 0 Å². The first-order chi connectivity index (χ1) is 22.2. The van der Waals surface area contributed by atoms with Crippen LogP contribution in [0.1, 0.15) is 178 Å². The molecule has 1 aliphatic rings. The number of benzene rings is 2. The summed E-state index contributed by atoms with van der Waals surface area (Å²) in [5, 5.41) is 0. The zero-order chi connectivity index (χ0) is 32.0. The van der Waals surface area contributed by atoms with Gasteiger partial charge in [-0.25, -0.2) is 4.68 Å². The lowest BCUT2D eigenvalue weighted by Crippen LogP contribution is -2.11. The highest BCUT2D eigenvalue weighted by atomic mass is 15.3. The van der Waals surface area contributed by atoms with Crippen molar-refractivity contribution >= 4 is 11.4 Å². The average Bonchev–Trinajstić information content (AvgIpc) is 3.40. The predicted molar refractivity (Wildman–Crippen MR) is 199 cm³/mol. The quantitative estimate of drug-likeness (QED) is 0.0790. The van der Waals surface area contributed by atoms with E-state index >= 15 is 0 Å². The molecule has 45 heavy (non-hydrogen) atoms. The molecular weight excluding hydrogens is 544 g/mol. The number of hydrogen-bond acceptors (Lipinski definition) is 0. The Morgan fingerprint density at radius 2 is 0.889 bits per heavy atom. The Hall–Kier alpha value is -2.61. The maximum Gasteiger partial charge on any atom is 0.215 e. The second-order valence-electron chi connectivity index (χ2n) is 13.6. The molecule has 1 aliphatic heterocycles. The number of aryl methyl sites for hydroxylation is 2. The summed E-state index contributed by atoms with van der Waals surface area (Å²) >= 11 is 0. The Morgan fingerprint density at radius 1 is 0.489 bits per heavy atom. The van der Waals surface area contributed by atoms with E-state index in [1.54, 1.807) is 4.68 Å². The van der Waals surface area contributed by atoms with E-state index in [4.69, 9.17) is 0 Å². The smallest absolute Gasteiger partial charge is 0.215 e. The fraction of sp³-hybridized carbons (Fsp3) is 0.605. The molecule has 2 aromatic carbocycles. The van der Waals surface area contributed by atoms with Crippen LogP contribution in [0.25, 0.3) is 11.5 Å². The van der Waals surface area contributed by atoms with Crippen molar-refractivity contribution in [3.05, 3.63) is 94.4 Å². The van der Waals surface area contributed by atoms with Crippen molar-refractivity contribution in [2.45, 2.75) is 168 Å². The molecule has 0 aromatic heterocycles. The lowest BCUT2D eigenvalue weighted by Gasteiger charge is -2.09. The Labute approximate surface area is 278 Å². The van der Waals surface area contributed by atoms with Crippen LogP contribution in [-0.2, 0) is 12.8 Å². The molecule has 0 spiro atoms. The van der Waals surface area contributed by atoms with Gasteiger partial charge >= 0.3 is 0 Å². The Balaban J connectivity index is 1.46. The Kier molecular flexibility index (Phi) is 18.7. The molecular formula is C43H66N2. The molecule has 2 aromatic rings. The van der Waals surface area contributed by atoms with Crippen molar-refractivity contribution in [3.63, 3.8) is 0 Å². The fourth-order valence-electron chi connectivity index (χ4n) is 6.58. The van der Waals surface area contributed by atoms with Gasteiger partial charge in [0.25, 0.3) is 0 Å². The van der Waals surface area contributed by atoms with E-state index in [0.717, 1.165) is 41.8 Å². The maximum absolute atomic E-state index is 9.17. The molecule has 2 heteroatoms. The van der Waals surface area contributed by atoms with Crippen molar-refractivity contribution < 1.29 is 4.68 Å². The van der Waals surface area contributed by atoms with E-state index in [9.17, 15) is 5.84 Å². The van der Waals surface area contributed by atoms with Crippen LogP contribution in [0.2, 0.25) is 0 Å². The predicted octanol–water partition coefficient (Wildman–Crippen LogP) is 13.8. The molecule has 0 radical (unpaired) electrons. The highest BCUT2D eigenvalue weighted by Gasteiger charge is 2.28. The zero-order valence-electron chi connectivity index (χ0n) is 29.5. The third-order valence-electron chi connectivity index (χ3n) is 9.57. The van der Waals surface area contributed by atoms with Crippen molar-refractivity contribution in [1.29, 1.82) is 0 Å². The van der Waals surface area contributed by atoms with Crippen LogP contribution in [0, 0.1) is 0 Å². The first-order valence-electron chi connectivity index (χ1n) is 19.2. The van der Waals surface area contributed by atoms with Gasteiger partial charge in [-0.15, -0.1) is 0 Å². The first-order valence-corrected chi connectivity index (χ1v) is 19.2. The van der Waals surface area contributed by atoms with Crippen molar-refractivity contribution in [2.24, 2.45) is 0 Å². The molecule has 0 saturated heterocycles. The summed E-state index contributed by atoms with van der Waals surface area (Å²) in [4.78, 5) is 0. The van der Waals surface area contributed by atoms with E-state index in [1.807, 2.05) is 0 Å². The SMILES string of the molecule is CCCCCCCCCCCCCCCCCCC=C1C=C(c2ccc(CCCC)cc2)[N+]([NH-])=C1c1ccc(CCCC)cc1. The largest absolute Gasteiger partial charge is 0.448 e. The van der Waals surface area contributed by atoms with Gasteiger partial charge in [-0.3, -0.25) is 0 Å². The molecule has 3 rings (SSSR count). The van der Waals surface area contributed by atoms with Gasteiger partial charge in [-0.05, 0) is 73.9 Å². The monoisotopic (exact) mass is 611 g/mol. The number of hydrogen-bond donors (Lipinski definition) is 0. The number of nitrogens with zero attached hydrogens (tertiary/aromatic N) is 1. The van der Waals surface area contributed by atoms with Crippen LogP contribution in [-0.4, -0.2) is 10.4 Å². The van der Waals surface area contributed by atoms with Gasteiger partial charge in [0.05, 0.1) is 0 Å². The van der Waals surface area contributed by atoms with E-state index in [0.29, 0.717) is 0 Å². The average molecular weight is 611 g/mol. The lowest BCUT2D eigenvalue weighted by molar-refractivity contribution is -0.347. The summed E-state index contributed by atoms with van der Waals surface area (Å²) < 4.78 is 1.68. The summed E-state index contributed by atoms with van der Waals surface area (Å²) in [6.07, 6.45) is 35.3. The van der Waals surface area contributed by atoms with Crippen LogP contribution >= 0.6 is 0 Å². The van der Waals surface area contributed by atoms with Crippen LogP contribution in [0.4, 0.5) is 0 Å². The first kappa shape index (κ1) is 36.9. The fourth-order valence-corrected chi connectivity index (χ4v) is 6.58. The van der Waals surface area contributed by atoms with Crippen molar-refractivity contribution in [3.8, 4) is 0 Å². The summed E-state index contributed by atoms with van der Waals surface area (Å²) in [6.45, 7) is 6.80. The molecule has 0 unspecified atom stereocenters. The standard InChI is InChI=1S/C43H66N2/c1-4-7-10-11-12-13-14-15-16-17-18-19-20-21-22-23-24-27-41-36-42(39-32-28-37(29-33-39)25-8-5-2)45(44)43(41)40-34-30-38(31-35-40)26-9-6-3/h27-36,44H,4-26H2,1-3H3. The molecule has 0 bridgehead atoms. The third kappa shape index (κ3) is 13.7. The van der Waals surface area contributed by atoms with Crippen LogP contribution < -0.4 is 0 Å². The van der Waals surface area contributed by atoms with E-state index in [2.05, 4.69) is 81.5 Å². The molecule has 1 N–H and O–H groups in total. The second kappa shape index (κ2) is 22.8. The zero-order valence-corrected chi connectivity index (χ0v) is 29.5. The highest BCUT2D eigenvalue weighted by molar-refractivity contribution is 6.14. The number of unbranched alkanes of at least 4 members (excludes halogenated alkanes) is 18. The molecule has 0 atom stereocenters.